The zero-order valence-corrected chi connectivity index (χ0v) is 6.05. The number of halogens is 2. The number of methoxy groups -OCH3 is 1. The molecule has 0 aliphatic carbocycles. The molecule has 1 aromatic rings. The smallest absolute Gasteiger partial charge is 0.497 e. The van der Waals surface area contributed by atoms with E-state index in [1.807, 2.05) is 0 Å². The van der Waals surface area contributed by atoms with Crippen molar-refractivity contribution in [3.8, 4) is 5.75 Å². The molecule has 0 unspecified atom stereocenters. The largest absolute Gasteiger partial charge is 0.571 e. The molecule has 0 atom stereocenters. The Morgan fingerprint density at radius 1 is 1.18 bits per heavy atom. The van der Waals surface area contributed by atoms with Gasteiger partial charge in [-0.15, -0.1) is 0 Å². The molecular formula is C7H7BF2O. The highest BCUT2D eigenvalue weighted by atomic mass is 19.2. The van der Waals surface area contributed by atoms with Gasteiger partial charge in [-0.1, -0.05) is 12.1 Å². The van der Waals surface area contributed by atoms with Gasteiger partial charge in [-0.2, -0.15) is 0 Å². The van der Waals surface area contributed by atoms with Crippen LogP contribution in [-0.4, -0.2) is 14.4 Å². The highest BCUT2D eigenvalue weighted by molar-refractivity contribution is 6.59. The third kappa shape index (κ3) is 1.93. The summed E-state index contributed by atoms with van der Waals surface area (Å²) in [5.74, 6) is 0.592. The van der Waals surface area contributed by atoms with Gasteiger partial charge in [-0.25, -0.2) is 0 Å². The Labute approximate surface area is 64.2 Å². The van der Waals surface area contributed by atoms with Gasteiger partial charge in [0.2, 0.25) is 0 Å². The van der Waals surface area contributed by atoms with Crippen LogP contribution in [0.25, 0.3) is 0 Å². The number of rotatable bonds is 2. The van der Waals surface area contributed by atoms with Crippen LogP contribution in [0.4, 0.5) is 8.63 Å². The first-order valence-corrected chi connectivity index (χ1v) is 3.16. The zero-order valence-electron chi connectivity index (χ0n) is 6.05. The van der Waals surface area contributed by atoms with Crippen molar-refractivity contribution in [1.29, 1.82) is 0 Å². The topological polar surface area (TPSA) is 9.23 Å². The van der Waals surface area contributed by atoms with Crippen molar-refractivity contribution >= 4 is 12.7 Å². The second-order valence-corrected chi connectivity index (χ2v) is 2.07. The summed E-state index contributed by atoms with van der Waals surface area (Å²) in [5.41, 5.74) is 0.0193. The summed E-state index contributed by atoms with van der Waals surface area (Å²) in [6.45, 7) is 0. The van der Waals surface area contributed by atoms with Gasteiger partial charge in [0.25, 0.3) is 0 Å². The Balaban J connectivity index is 2.83. The fourth-order valence-corrected chi connectivity index (χ4v) is 0.749. The van der Waals surface area contributed by atoms with Gasteiger partial charge < -0.3 is 4.74 Å². The summed E-state index contributed by atoms with van der Waals surface area (Å²) in [7, 11) is -0.905. The molecule has 1 rings (SSSR count). The molecule has 0 heterocycles. The second kappa shape index (κ2) is 3.37. The SMILES string of the molecule is COc1ccc(B(F)F)cc1. The monoisotopic (exact) mass is 156 g/mol. The summed E-state index contributed by atoms with van der Waals surface area (Å²) in [6.07, 6.45) is 0. The minimum Gasteiger partial charge on any atom is -0.497 e. The summed E-state index contributed by atoms with van der Waals surface area (Å²) in [4.78, 5) is 0. The van der Waals surface area contributed by atoms with Crippen molar-refractivity contribution in [3.63, 3.8) is 0 Å². The highest BCUT2D eigenvalue weighted by Gasteiger charge is 2.14. The van der Waals surface area contributed by atoms with Crippen LogP contribution in [0.3, 0.4) is 0 Å². The molecule has 0 amide bonds. The molecule has 0 aromatic heterocycles. The van der Waals surface area contributed by atoms with Crippen LogP contribution in [0.1, 0.15) is 0 Å². The van der Waals surface area contributed by atoms with E-state index in [0.29, 0.717) is 5.75 Å². The van der Waals surface area contributed by atoms with E-state index in [9.17, 15) is 8.63 Å². The van der Waals surface area contributed by atoms with E-state index >= 15 is 0 Å². The van der Waals surface area contributed by atoms with Gasteiger partial charge in [0.15, 0.2) is 0 Å². The molecule has 0 aliphatic rings. The van der Waals surface area contributed by atoms with Gasteiger partial charge in [-0.3, -0.25) is 8.63 Å². The third-order valence-electron chi connectivity index (χ3n) is 1.37. The van der Waals surface area contributed by atoms with Crippen LogP contribution in [0.15, 0.2) is 24.3 Å². The lowest BCUT2D eigenvalue weighted by Gasteiger charge is -1.99. The van der Waals surface area contributed by atoms with E-state index in [2.05, 4.69) is 0 Å². The van der Waals surface area contributed by atoms with Crippen LogP contribution >= 0.6 is 0 Å². The lowest BCUT2D eigenvalue weighted by Crippen LogP contribution is -2.19. The Hall–Kier alpha value is -1.06. The van der Waals surface area contributed by atoms with Gasteiger partial charge in [0.05, 0.1) is 7.11 Å². The van der Waals surface area contributed by atoms with Crippen molar-refractivity contribution in [2.45, 2.75) is 0 Å². The van der Waals surface area contributed by atoms with E-state index in [-0.39, 0.29) is 5.46 Å². The predicted octanol–water partition coefficient (Wildman–Crippen LogP) is 1.33. The normalized spacial score (nSPS) is 9.36. The minimum atomic E-state index is -2.40. The molecule has 4 heteroatoms. The maximum atomic E-state index is 12.0. The van der Waals surface area contributed by atoms with Crippen LogP contribution in [0.5, 0.6) is 5.75 Å². The standard InChI is InChI=1S/C7H7BF2O/c1-11-7-4-2-6(3-5-7)8(9)10/h2-5H,1H3. The summed E-state index contributed by atoms with van der Waals surface area (Å²) < 4.78 is 28.7. The molecule has 0 spiro atoms. The molecule has 11 heavy (non-hydrogen) atoms. The maximum Gasteiger partial charge on any atom is 0.571 e. The minimum absolute atomic E-state index is 0.0193. The molecule has 0 aliphatic heterocycles. The molecule has 0 saturated carbocycles. The number of benzene rings is 1. The van der Waals surface area contributed by atoms with E-state index < -0.39 is 7.27 Å². The first-order valence-electron chi connectivity index (χ1n) is 3.16. The molecule has 58 valence electrons. The summed E-state index contributed by atoms with van der Waals surface area (Å²) >= 11 is 0. The molecule has 0 fully saturated rings. The van der Waals surface area contributed by atoms with Gasteiger partial charge in [0, 0.05) is 0 Å². The molecule has 0 radical (unpaired) electrons. The first-order chi connectivity index (χ1) is 5.24. The van der Waals surface area contributed by atoms with Crippen molar-refractivity contribution in [2.24, 2.45) is 0 Å². The van der Waals surface area contributed by atoms with Crippen LogP contribution in [0.2, 0.25) is 0 Å². The molecular weight excluding hydrogens is 149 g/mol. The van der Waals surface area contributed by atoms with E-state index in [1.165, 1.54) is 31.4 Å². The molecule has 1 nitrogen and oxygen atoms in total. The second-order valence-electron chi connectivity index (χ2n) is 2.07. The number of hydrogen-bond acceptors (Lipinski definition) is 1. The third-order valence-corrected chi connectivity index (χ3v) is 1.37. The van der Waals surface area contributed by atoms with E-state index in [0.717, 1.165) is 0 Å². The van der Waals surface area contributed by atoms with Crippen molar-refractivity contribution in [1.82, 2.24) is 0 Å². The maximum absolute atomic E-state index is 12.0. The fourth-order valence-electron chi connectivity index (χ4n) is 0.749. The van der Waals surface area contributed by atoms with Crippen molar-refractivity contribution in [2.75, 3.05) is 7.11 Å². The predicted molar refractivity (Wildman–Crippen MR) is 40.6 cm³/mol. The Morgan fingerprint density at radius 2 is 1.73 bits per heavy atom. The van der Waals surface area contributed by atoms with E-state index in [1.54, 1.807) is 0 Å². The van der Waals surface area contributed by atoms with Crippen LogP contribution in [0, 0.1) is 0 Å². The van der Waals surface area contributed by atoms with Crippen molar-refractivity contribution in [3.05, 3.63) is 24.3 Å². The van der Waals surface area contributed by atoms with E-state index in [4.69, 9.17) is 4.74 Å². The van der Waals surface area contributed by atoms with Crippen LogP contribution < -0.4 is 10.2 Å². The fraction of sp³-hybridized carbons (Fsp3) is 0.143. The number of ether oxygens (including phenoxy) is 1. The highest BCUT2D eigenvalue weighted by Crippen LogP contribution is 2.06. The zero-order chi connectivity index (χ0) is 8.27. The lowest BCUT2D eigenvalue weighted by atomic mass is 9.86. The van der Waals surface area contributed by atoms with Crippen molar-refractivity contribution < 1.29 is 13.4 Å². The average Bonchev–Trinajstić information content (AvgIpc) is 2.05. The molecule has 0 saturated heterocycles. The quantitative estimate of drug-likeness (QED) is 0.586. The van der Waals surface area contributed by atoms with Crippen LogP contribution in [-0.2, 0) is 0 Å². The Kier molecular flexibility index (Phi) is 2.46. The number of hydrogen-bond donors (Lipinski definition) is 0. The molecule has 0 bridgehead atoms. The summed E-state index contributed by atoms with van der Waals surface area (Å²) in [6, 6.07) is 5.73. The molecule has 1 aromatic carbocycles. The molecule has 0 N–H and O–H groups in total. The lowest BCUT2D eigenvalue weighted by molar-refractivity contribution is 0.415. The first kappa shape index (κ1) is 8.05. The summed E-state index contributed by atoms with van der Waals surface area (Å²) in [5, 5.41) is 0. The Morgan fingerprint density at radius 3 is 2.09 bits per heavy atom. The Bertz CT molecular complexity index is 222. The van der Waals surface area contributed by atoms with Gasteiger partial charge in [0.1, 0.15) is 5.75 Å². The van der Waals surface area contributed by atoms with Gasteiger partial charge in [-0.05, 0) is 17.6 Å². The average molecular weight is 156 g/mol. The van der Waals surface area contributed by atoms with Gasteiger partial charge >= 0.3 is 7.27 Å².